The summed E-state index contributed by atoms with van der Waals surface area (Å²) in [5, 5.41) is 0. The summed E-state index contributed by atoms with van der Waals surface area (Å²) in [6.45, 7) is 0. The minimum Gasteiger partial charge on any atom is -0.207 e. The Bertz CT molecular complexity index is 658. The van der Waals surface area contributed by atoms with Crippen LogP contribution in [-0.2, 0) is 0 Å². The van der Waals surface area contributed by atoms with E-state index in [2.05, 4.69) is 24.3 Å². The van der Waals surface area contributed by atoms with Gasteiger partial charge in [0.2, 0.25) is 5.69 Å². The number of rotatable bonds is 2. The van der Waals surface area contributed by atoms with Crippen LogP contribution in [0.5, 0.6) is 0 Å². The molecule has 0 aliphatic carbocycles. The molecule has 2 aromatic carbocycles. The highest BCUT2D eigenvalue weighted by molar-refractivity contribution is 5.61. The Morgan fingerprint density at radius 3 is 1.84 bits per heavy atom. The van der Waals surface area contributed by atoms with Crippen molar-refractivity contribution in [2.75, 3.05) is 0 Å². The Kier molecular flexibility index (Phi) is 3.07. The van der Waals surface area contributed by atoms with E-state index in [0.717, 1.165) is 5.69 Å². The zero-order chi connectivity index (χ0) is 13.1. The van der Waals surface area contributed by atoms with Crippen molar-refractivity contribution in [3.05, 3.63) is 84.9 Å². The van der Waals surface area contributed by atoms with Crippen molar-refractivity contribution in [1.82, 2.24) is 0 Å². The molecule has 0 saturated carbocycles. The van der Waals surface area contributed by atoms with E-state index in [9.17, 15) is 4.39 Å². The van der Waals surface area contributed by atoms with Crippen molar-refractivity contribution >= 4 is 0 Å². The molecule has 0 saturated heterocycles. The molecule has 1 heterocycles. The van der Waals surface area contributed by atoms with Gasteiger partial charge in [-0.1, -0.05) is 30.3 Å². The van der Waals surface area contributed by atoms with E-state index >= 15 is 0 Å². The maximum atomic E-state index is 12.9. The molecule has 2 heteroatoms. The van der Waals surface area contributed by atoms with E-state index < -0.39 is 0 Å². The molecule has 19 heavy (non-hydrogen) atoms. The van der Waals surface area contributed by atoms with E-state index in [1.165, 1.54) is 23.3 Å². The topological polar surface area (TPSA) is 3.88 Å². The second kappa shape index (κ2) is 5.02. The van der Waals surface area contributed by atoms with E-state index in [1.54, 1.807) is 12.1 Å². The molecular formula is C17H13FN+. The van der Waals surface area contributed by atoms with Crippen molar-refractivity contribution in [2.24, 2.45) is 0 Å². The Balaban J connectivity index is 1.93. The van der Waals surface area contributed by atoms with Gasteiger partial charge in [0.05, 0.1) is 0 Å². The third kappa shape index (κ3) is 2.52. The smallest absolute Gasteiger partial charge is 0.207 e. The summed E-state index contributed by atoms with van der Waals surface area (Å²) in [5.74, 6) is -0.217. The maximum Gasteiger partial charge on any atom is 0.210 e. The number of pyridine rings is 1. The highest BCUT2D eigenvalue weighted by Crippen LogP contribution is 2.16. The van der Waals surface area contributed by atoms with Crippen molar-refractivity contribution in [2.45, 2.75) is 0 Å². The summed E-state index contributed by atoms with van der Waals surface area (Å²) in [5.41, 5.74) is 3.30. The largest absolute Gasteiger partial charge is 0.210 e. The predicted molar refractivity (Wildman–Crippen MR) is 73.4 cm³/mol. The molecule has 92 valence electrons. The Morgan fingerprint density at radius 2 is 1.21 bits per heavy atom. The van der Waals surface area contributed by atoms with Crippen LogP contribution >= 0.6 is 0 Å². The summed E-state index contributed by atoms with van der Waals surface area (Å²) in [4.78, 5) is 0. The van der Waals surface area contributed by atoms with Gasteiger partial charge in [0.1, 0.15) is 5.82 Å². The quantitative estimate of drug-likeness (QED) is 0.609. The molecular weight excluding hydrogens is 237 g/mol. The van der Waals surface area contributed by atoms with Gasteiger partial charge in [-0.05, 0) is 23.3 Å². The lowest BCUT2D eigenvalue weighted by Gasteiger charge is -2.00. The van der Waals surface area contributed by atoms with E-state index in [-0.39, 0.29) is 5.82 Å². The van der Waals surface area contributed by atoms with Crippen molar-refractivity contribution in [3.63, 3.8) is 0 Å². The van der Waals surface area contributed by atoms with Crippen molar-refractivity contribution < 1.29 is 8.96 Å². The van der Waals surface area contributed by atoms with E-state index in [0.29, 0.717) is 0 Å². The SMILES string of the molecule is Fc1ccc(-[n+]2ccc(-c3ccccc3)cc2)cc1. The first-order chi connectivity index (χ1) is 9.33. The average Bonchev–Trinajstić information content (AvgIpc) is 2.49. The standard InChI is InChI=1S/C17H13FN/c18-16-6-8-17(9-7-16)19-12-10-15(11-13-19)14-4-2-1-3-5-14/h1-13H/q+1. The summed E-state index contributed by atoms with van der Waals surface area (Å²) in [6.07, 6.45) is 3.96. The highest BCUT2D eigenvalue weighted by atomic mass is 19.1. The minimum absolute atomic E-state index is 0.217. The van der Waals surface area contributed by atoms with E-state index in [1.807, 2.05) is 35.2 Å². The third-order valence-electron chi connectivity index (χ3n) is 3.06. The monoisotopic (exact) mass is 250 g/mol. The fourth-order valence-electron chi connectivity index (χ4n) is 2.03. The maximum absolute atomic E-state index is 12.9. The molecule has 0 fully saturated rings. The molecule has 0 unspecified atom stereocenters. The van der Waals surface area contributed by atoms with Crippen LogP contribution in [0, 0.1) is 5.82 Å². The van der Waals surface area contributed by atoms with Crippen molar-refractivity contribution in [3.8, 4) is 16.8 Å². The van der Waals surface area contributed by atoms with Crippen LogP contribution in [0.25, 0.3) is 16.8 Å². The molecule has 0 atom stereocenters. The zero-order valence-electron chi connectivity index (χ0n) is 10.3. The number of aromatic nitrogens is 1. The lowest BCUT2D eigenvalue weighted by Crippen LogP contribution is -2.28. The molecule has 0 spiro atoms. The van der Waals surface area contributed by atoms with Gasteiger partial charge >= 0.3 is 0 Å². The summed E-state index contributed by atoms with van der Waals surface area (Å²) in [6, 6.07) is 20.8. The molecule has 0 aliphatic rings. The third-order valence-corrected chi connectivity index (χ3v) is 3.06. The first-order valence-corrected chi connectivity index (χ1v) is 6.16. The predicted octanol–water partition coefficient (Wildman–Crippen LogP) is 3.77. The van der Waals surface area contributed by atoms with Gasteiger partial charge in [-0.15, -0.1) is 0 Å². The number of nitrogens with zero attached hydrogens (tertiary/aromatic N) is 1. The normalized spacial score (nSPS) is 10.4. The van der Waals surface area contributed by atoms with Crippen LogP contribution in [0.1, 0.15) is 0 Å². The highest BCUT2D eigenvalue weighted by Gasteiger charge is 2.06. The fraction of sp³-hybridized carbons (Fsp3) is 0. The second-order valence-corrected chi connectivity index (χ2v) is 4.34. The molecule has 0 aliphatic heterocycles. The number of hydrogen-bond donors (Lipinski definition) is 0. The lowest BCUT2D eigenvalue weighted by atomic mass is 10.1. The van der Waals surface area contributed by atoms with Crippen LogP contribution in [0.3, 0.4) is 0 Å². The zero-order valence-corrected chi connectivity index (χ0v) is 10.3. The molecule has 0 radical (unpaired) electrons. The van der Waals surface area contributed by atoms with Crippen LogP contribution < -0.4 is 4.57 Å². The summed E-state index contributed by atoms with van der Waals surface area (Å²) >= 11 is 0. The number of halogens is 1. The first-order valence-electron chi connectivity index (χ1n) is 6.16. The Labute approximate surface area is 111 Å². The summed E-state index contributed by atoms with van der Waals surface area (Å²) in [7, 11) is 0. The average molecular weight is 250 g/mol. The molecule has 1 aromatic heterocycles. The van der Waals surface area contributed by atoms with Crippen molar-refractivity contribution in [1.29, 1.82) is 0 Å². The van der Waals surface area contributed by atoms with Gasteiger partial charge in [0.15, 0.2) is 12.4 Å². The molecule has 0 bridgehead atoms. The van der Waals surface area contributed by atoms with Gasteiger partial charge < -0.3 is 0 Å². The van der Waals surface area contributed by atoms with Crippen LogP contribution in [0.2, 0.25) is 0 Å². The molecule has 3 rings (SSSR count). The van der Waals surface area contributed by atoms with Crippen LogP contribution in [-0.4, -0.2) is 0 Å². The van der Waals surface area contributed by atoms with Gasteiger partial charge in [0, 0.05) is 24.3 Å². The molecule has 0 N–H and O–H groups in total. The number of benzene rings is 2. The summed E-state index contributed by atoms with van der Waals surface area (Å²) < 4.78 is 14.8. The number of hydrogen-bond acceptors (Lipinski definition) is 0. The van der Waals surface area contributed by atoms with Gasteiger partial charge in [-0.2, -0.15) is 4.57 Å². The van der Waals surface area contributed by atoms with Gasteiger partial charge in [0.25, 0.3) is 0 Å². The van der Waals surface area contributed by atoms with Gasteiger partial charge in [-0.25, -0.2) is 4.39 Å². The Morgan fingerprint density at radius 1 is 0.632 bits per heavy atom. The first kappa shape index (κ1) is 11.6. The van der Waals surface area contributed by atoms with Crippen LogP contribution in [0.15, 0.2) is 79.1 Å². The van der Waals surface area contributed by atoms with Gasteiger partial charge in [-0.3, -0.25) is 0 Å². The fourth-order valence-corrected chi connectivity index (χ4v) is 2.03. The van der Waals surface area contributed by atoms with E-state index in [4.69, 9.17) is 0 Å². The molecule has 0 amide bonds. The second-order valence-electron chi connectivity index (χ2n) is 4.34. The molecule has 1 nitrogen and oxygen atoms in total. The minimum atomic E-state index is -0.217. The van der Waals surface area contributed by atoms with Crippen LogP contribution in [0.4, 0.5) is 4.39 Å². The Hall–Kier alpha value is -2.48. The molecule has 3 aromatic rings. The lowest BCUT2D eigenvalue weighted by molar-refractivity contribution is -0.595.